The zero-order chi connectivity index (χ0) is 21.8. The van der Waals surface area contributed by atoms with Gasteiger partial charge >= 0.3 is 5.69 Å². The number of nitrogens with two attached hydrogens (primary N) is 1. The van der Waals surface area contributed by atoms with Crippen LogP contribution in [0.2, 0.25) is 0 Å². The molecule has 160 valence electrons. The highest BCUT2D eigenvalue weighted by Crippen LogP contribution is 2.33. The number of aromatic nitrogens is 2. The second-order valence-corrected chi connectivity index (χ2v) is 7.60. The van der Waals surface area contributed by atoms with Crippen LogP contribution in [-0.4, -0.2) is 46.0 Å². The lowest BCUT2D eigenvalue weighted by molar-refractivity contribution is -0.383. The van der Waals surface area contributed by atoms with Gasteiger partial charge in [0.2, 0.25) is 17.6 Å². The maximum Gasteiger partial charge on any atom is 0.353 e. The molecular weight excluding hydrogens is 394 g/mol. The third-order valence-electron chi connectivity index (χ3n) is 5.30. The molecule has 0 aliphatic carbocycles. The van der Waals surface area contributed by atoms with Crippen LogP contribution in [0.3, 0.4) is 0 Å². The Morgan fingerprint density at radius 3 is 2.35 bits per heavy atom. The van der Waals surface area contributed by atoms with Gasteiger partial charge in [0.05, 0.1) is 4.92 Å². The maximum atomic E-state index is 11.7. The predicted octanol–water partition coefficient (Wildman–Crippen LogP) is 3.34. The summed E-state index contributed by atoms with van der Waals surface area (Å²) in [6, 6.07) is 18.0. The first kappa shape index (κ1) is 20.5. The topological polar surface area (TPSA) is 113 Å². The minimum atomic E-state index is -0.503. The molecular formula is C22H25N7O2. The molecule has 3 N–H and O–H groups in total. The van der Waals surface area contributed by atoms with Crippen LogP contribution >= 0.6 is 0 Å². The Kier molecular flexibility index (Phi) is 5.94. The second-order valence-electron chi connectivity index (χ2n) is 7.60. The molecule has 9 nitrogen and oxygen atoms in total. The molecule has 31 heavy (non-hydrogen) atoms. The second kappa shape index (κ2) is 8.97. The molecule has 0 saturated carbocycles. The van der Waals surface area contributed by atoms with Gasteiger partial charge in [-0.1, -0.05) is 48.0 Å². The maximum absolute atomic E-state index is 11.7. The highest BCUT2D eigenvalue weighted by Gasteiger charge is 2.29. The van der Waals surface area contributed by atoms with Crippen molar-refractivity contribution >= 4 is 29.0 Å². The third kappa shape index (κ3) is 4.89. The fourth-order valence-corrected chi connectivity index (χ4v) is 3.64. The number of nitrogens with one attached hydrogen (secondary N) is 1. The average Bonchev–Trinajstić information content (AvgIpc) is 2.76. The molecule has 2 aromatic carbocycles. The van der Waals surface area contributed by atoms with Crippen molar-refractivity contribution in [2.45, 2.75) is 13.5 Å². The molecule has 1 aliphatic rings. The molecule has 0 unspecified atom stereocenters. The Bertz CT molecular complexity index is 1050. The summed E-state index contributed by atoms with van der Waals surface area (Å²) in [7, 11) is 0. The lowest BCUT2D eigenvalue weighted by Gasteiger charge is -2.35. The van der Waals surface area contributed by atoms with Gasteiger partial charge in [-0.15, -0.1) is 0 Å². The van der Waals surface area contributed by atoms with E-state index in [1.165, 1.54) is 5.56 Å². The Balaban J connectivity index is 1.53. The number of aryl methyl sites for hydroxylation is 1. The molecule has 1 fully saturated rings. The molecule has 2 heterocycles. The monoisotopic (exact) mass is 419 g/mol. The number of nitrogen functional groups attached to an aromatic ring is 1. The predicted molar refractivity (Wildman–Crippen MR) is 121 cm³/mol. The molecule has 0 spiro atoms. The Hall–Kier alpha value is -3.72. The molecule has 1 aliphatic heterocycles. The molecule has 1 aromatic heterocycles. The SMILES string of the molecule is Cc1ccc(Nc2nc(N)c([N+](=O)[O-])c(N3CCN(Cc4ccccc4)CC3)n2)cc1. The average molecular weight is 419 g/mol. The summed E-state index contributed by atoms with van der Waals surface area (Å²) in [5.41, 5.74) is 8.89. The zero-order valence-corrected chi connectivity index (χ0v) is 17.4. The summed E-state index contributed by atoms with van der Waals surface area (Å²) < 4.78 is 0. The Morgan fingerprint density at radius 2 is 1.71 bits per heavy atom. The summed E-state index contributed by atoms with van der Waals surface area (Å²) in [6.07, 6.45) is 0. The number of benzene rings is 2. The van der Waals surface area contributed by atoms with Crippen LogP contribution in [0, 0.1) is 17.0 Å². The third-order valence-corrected chi connectivity index (χ3v) is 5.30. The van der Waals surface area contributed by atoms with Gasteiger partial charge in [0, 0.05) is 38.4 Å². The van der Waals surface area contributed by atoms with Gasteiger partial charge in [0.1, 0.15) is 0 Å². The van der Waals surface area contributed by atoms with Gasteiger partial charge in [-0.05, 0) is 24.6 Å². The highest BCUT2D eigenvalue weighted by atomic mass is 16.6. The van der Waals surface area contributed by atoms with Crippen LogP contribution in [0.25, 0.3) is 0 Å². The molecule has 9 heteroatoms. The van der Waals surface area contributed by atoms with Crippen LogP contribution < -0.4 is 16.0 Å². The molecule has 0 atom stereocenters. The highest BCUT2D eigenvalue weighted by molar-refractivity contribution is 5.72. The van der Waals surface area contributed by atoms with E-state index in [4.69, 9.17) is 5.73 Å². The lowest BCUT2D eigenvalue weighted by Crippen LogP contribution is -2.46. The minimum Gasteiger partial charge on any atom is -0.378 e. The molecule has 4 rings (SSSR count). The van der Waals surface area contributed by atoms with E-state index in [0.29, 0.717) is 13.1 Å². The van der Waals surface area contributed by atoms with E-state index in [1.807, 2.05) is 54.3 Å². The Morgan fingerprint density at radius 1 is 1.03 bits per heavy atom. The van der Waals surface area contributed by atoms with Crippen LogP contribution in [0.15, 0.2) is 54.6 Å². The van der Waals surface area contributed by atoms with Gasteiger partial charge in [-0.3, -0.25) is 15.0 Å². The number of rotatable bonds is 6. The van der Waals surface area contributed by atoms with Gasteiger partial charge in [0.15, 0.2) is 0 Å². The number of anilines is 4. The first-order chi connectivity index (χ1) is 15.0. The standard InChI is InChI=1S/C22H25N7O2/c1-16-7-9-18(10-8-16)24-22-25-20(23)19(29(30)31)21(26-22)28-13-11-27(12-14-28)15-17-5-3-2-4-6-17/h2-10H,11-15H2,1H3,(H3,23,24,25,26). The minimum absolute atomic E-state index is 0.142. The van der Waals surface area contributed by atoms with Crippen LogP contribution in [-0.2, 0) is 6.54 Å². The normalized spacial score (nSPS) is 14.4. The molecule has 0 bridgehead atoms. The first-order valence-electron chi connectivity index (χ1n) is 10.2. The van der Waals surface area contributed by atoms with Gasteiger partial charge in [0.25, 0.3) is 0 Å². The quantitative estimate of drug-likeness (QED) is 0.462. The van der Waals surface area contributed by atoms with Crippen molar-refractivity contribution in [1.29, 1.82) is 0 Å². The fourth-order valence-electron chi connectivity index (χ4n) is 3.64. The van der Waals surface area contributed by atoms with Crippen molar-refractivity contribution in [3.63, 3.8) is 0 Å². The summed E-state index contributed by atoms with van der Waals surface area (Å²) in [5, 5.41) is 14.8. The largest absolute Gasteiger partial charge is 0.378 e. The summed E-state index contributed by atoms with van der Waals surface area (Å²) >= 11 is 0. The number of hydrogen-bond donors (Lipinski definition) is 2. The molecule has 3 aromatic rings. The number of hydrogen-bond acceptors (Lipinski definition) is 8. The van der Waals surface area contributed by atoms with E-state index in [9.17, 15) is 10.1 Å². The fraction of sp³-hybridized carbons (Fsp3) is 0.273. The molecule has 1 saturated heterocycles. The lowest BCUT2D eigenvalue weighted by atomic mass is 10.2. The van der Waals surface area contributed by atoms with Crippen molar-refractivity contribution in [3.05, 3.63) is 75.8 Å². The summed E-state index contributed by atoms with van der Waals surface area (Å²) in [4.78, 5) is 24.0. The number of nitrogens with zero attached hydrogens (tertiary/aromatic N) is 5. The van der Waals surface area contributed by atoms with E-state index in [2.05, 4.69) is 32.3 Å². The van der Waals surface area contributed by atoms with E-state index < -0.39 is 4.92 Å². The smallest absolute Gasteiger partial charge is 0.353 e. The van der Waals surface area contributed by atoms with E-state index in [1.54, 1.807) is 0 Å². The van der Waals surface area contributed by atoms with Crippen LogP contribution in [0.1, 0.15) is 11.1 Å². The first-order valence-corrected chi connectivity index (χ1v) is 10.2. The van der Waals surface area contributed by atoms with Crippen LogP contribution in [0.4, 0.5) is 29.0 Å². The summed E-state index contributed by atoms with van der Waals surface area (Å²) in [5.74, 6) is 0.358. The van der Waals surface area contributed by atoms with E-state index >= 15 is 0 Å². The van der Waals surface area contributed by atoms with Gasteiger partial charge < -0.3 is 16.0 Å². The van der Waals surface area contributed by atoms with Crippen molar-refractivity contribution in [1.82, 2.24) is 14.9 Å². The van der Waals surface area contributed by atoms with Crippen molar-refractivity contribution in [2.24, 2.45) is 0 Å². The molecule has 0 amide bonds. The van der Waals surface area contributed by atoms with Crippen molar-refractivity contribution in [2.75, 3.05) is 42.1 Å². The van der Waals surface area contributed by atoms with E-state index in [-0.39, 0.29) is 23.3 Å². The summed E-state index contributed by atoms with van der Waals surface area (Å²) in [6.45, 7) is 5.64. The van der Waals surface area contributed by atoms with Gasteiger partial charge in [-0.2, -0.15) is 9.97 Å². The number of piperazine rings is 1. The van der Waals surface area contributed by atoms with Crippen LogP contribution in [0.5, 0.6) is 0 Å². The van der Waals surface area contributed by atoms with Gasteiger partial charge in [-0.25, -0.2) is 0 Å². The molecule has 0 radical (unpaired) electrons. The van der Waals surface area contributed by atoms with Crippen molar-refractivity contribution < 1.29 is 4.92 Å². The number of nitro groups is 1. The van der Waals surface area contributed by atoms with E-state index in [0.717, 1.165) is 30.9 Å². The van der Waals surface area contributed by atoms with Crippen molar-refractivity contribution in [3.8, 4) is 0 Å². The Labute approximate surface area is 180 Å². The zero-order valence-electron chi connectivity index (χ0n) is 17.4.